The van der Waals surface area contributed by atoms with E-state index in [1.807, 2.05) is 0 Å². The lowest BCUT2D eigenvalue weighted by Gasteiger charge is -2.13. The van der Waals surface area contributed by atoms with E-state index in [1.165, 1.54) is 35.2 Å². The smallest absolute Gasteiger partial charge is 0.334 e. The Labute approximate surface area is 133 Å². The third kappa shape index (κ3) is 7.93. The van der Waals surface area contributed by atoms with Gasteiger partial charge < -0.3 is 9.47 Å². The summed E-state index contributed by atoms with van der Waals surface area (Å²) in [5, 5.41) is 1.77. The number of nitrogens with zero attached hydrogens (tertiary/aromatic N) is 2. The maximum absolute atomic E-state index is 11.6. The summed E-state index contributed by atoms with van der Waals surface area (Å²) >= 11 is 0. The highest BCUT2D eigenvalue weighted by molar-refractivity contribution is 5.97. The van der Waals surface area contributed by atoms with Crippen molar-refractivity contribution < 1.29 is 38.3 Å². The number of hydrogen-bond acceptors (Lipinski definition) is 8. The van der Waals surface area contributed by atoms with Gasteiger partial charge in [0.2, 0.25) is 0 Å². The molecule has 0 aromatic heterocycles. The van der Waals surface area contributed by atoms with E-state index in [-0.39, 0.29) is 5.57 Å². The van der Waals surface area contributed by atoms with E-state index >= 15 is 0 Å². The summed E-state index contributed by atoms with van der Waals surface area (Å²) in [5.74, 6) is -2.94. The Hall–Kier alpha value is -2.46. The Morgan fingerprint density at radius 2 is 1.30 bits per heavy atom. The number of hydrogen-bond donors (Lipinski definition) is 0. The lowest BCUT2D eigenvalue weighted by atomic mass is 10.3. The molecule has 0 aliphatic carbocycles. The zero-order valence-corrected chi connectivity index (χ0v) is 13.7. The summed E-state index contributed by atoms with van der Waals surface area (Å²) in [6.07, 6.45) is 0.854. The van der Waals surface area contributed by atoms with Crippen molar-refractivity contribution in [3.8, 4) is 0 Å². The molecule has 0 bridgehead atoms. The quantitative estimate of drug-likeness (QED) is 0.318. The summed E-state index contributed by atoms with van der Waals surface area (Å²) in [5.41, 5.74) is -0.0876. The maximum Gasteiger partial charge on any atom is 0.334 e. The van der Waals surface area contributed by atoms with Crippen molar-refractivity contribution in [2.45, 2.75) is 6.92 Å². The lowest BCUT2D eigenvalue weighted by Crippen LogP contribution is -2.30. The molecular weight excluding hydrogens is 312 g/mol. The zero-order valence-electron chi connectivity index (χ0n) is 13.7. The highest BCUT2D eigenvalue weighted by Crippen LogP contribution is 1.99. The van der Waals surface area contributed by atoms with Crippen molar-refractivity contribution in [1.29, 1.82) is 0 Å². The van der Waals surface area contributed by atoms with Crippen LogP contribution in [0.3, 0.4) is 0 Å². The molecule has 0 aromatic carbocycles. The molecular formula is C13H20N2O8. The second kappa shape index (κ2) is 10.3. The van der Waals surface area contributed by atoms with E-state index in [0.29, 0.717) is 0 Å². The van der Waals surface area contributed by atoms with Crippen molar-refractivity contribution in [3.63, 3.8) is 0 Å². The molecule has 0 N–H and O–H groups in total. The van der Waals surface area contributed by atoms with Gasteiger partial charge in [0.05, 0.1) is 14.2 Å². The van der Waals surface area contributed by atoms with Gasteiger partial charge in [-0.25, -0.2) is 19.7 Å². The fraction of sp³-hybridized carbons (Fsp3) is 0.538. The van der Waals surface area contributed by atoms with Gasteiger partial charge in [-0.15, -0.1) is 0 Å². The molecule has 130 valence electrons. The van der Waals surface area contributed by atoms with Crippen LogP contribution >= 0.6 is 0 Å². The Morgan fingerprint density at radius 1 is 0.870 bits per heavy atom. The van der Waals surface area contributed by atoms with Gasteiger partial charge in [0, 0.05) is 25.7 Å². The molecule has 0 aliphatic heterocycles. The molecule has 0 saturated carbocycles. The van der Waals surface area contributed by atoms with Gasteiger partial charge in [-0.05, 0) is 6.92 Å². The molecule has 0 radical (unpaired) electrons. The van der Waals surface area contributed by atoms with E-state index in [0.717, 1.165) is 16.2 Å². The number of amides is 2. The van der Waals surface area contributed by atoms with Gasteiger partial charge in [-0.2, -0.15) is 0 Å². The van der Waals surface area contributed by atoms with Gasteiger partial charge >= 0.3 is 11.9 Å². The fourth-order valence-corrected chi connectivity index (χ4v) is 1.04. The molecule has 23 heavy (non-hydrogen) atoms. The normalized spacial score (nSPS) is 10.7. The molecule has 2 amide bonds. The number of likely N-dealkylation sites (N-methyl/N-ethyl adjacent to an activating group) is 2. The Morgan fingerprint density at radius 3 is 1.74 bits per heavy atom. The first-order chi connectivity index (χ1) is 10.7. The summed E-state index contributed by atoms with van der Waals surface area (Å²) < 4.78 is 9.33. The van der Waals surface area contributed by atoms with E-state index in [9.17, 15) is 19.2 Å². The molecule has 10 heteroatoms. The molecule has 0 rings (SSSR count). The minimum Gasteiger partial charge on any atom is -0.452 e. The maximum atomic E-state index is 11.6. The Bertz CT molecular complexity index is 488. The largest absolute Gasteiger partial charge is 0.452 e. The predicted molar refractivity (Wildman–Crippen MR) is 75.2 cm³/mol. The van der Waals surface area contributed by atoms with Crippen molar-refractivity contribution in [3.05, 3.63) is 11.6 Å². The Balaban J connectivity index is 4.36. The lowest BCUT2D eigenvalue weighted by molar-refractivity contribution is -0.176. The Kier molecular flexibility index (Phi) is 9.20. The molecule has 0 aromatic rings. The van der Waals surface area contributed by atoms with Gasteiger partial charge in [-0.1, -0.05) is 0 Å². The first-order valence-electron chi connectivity index (χ1n) is 6.36. The summed E-state index contributed by atoms with van der Waals surface area (Å²) in [4.78, 5) is 54.9. The van der Waals surface area contributed by atoms with Gasteiger partial charge in [0.25, 0.3) is 11.8 Å². The number of esters is 2. The number of rotatable bonds is 8. The number of carbonyl (C=O) groups is 4. The van der Waals surface area contributed by atoms with Gasteiger partial charge in [0.15, 0.2) is 13.2 Å². The molecule has 0 unspecified atom stereocenters. The average Bonchev–Trinajstić information content (AvgIpc) is 2.55. The van der Waals surface area contributed by atoms with E-state index < -0.39 is 37.0 Å². The van der Waals surface area contributed by atoms with Gasteiger partial charge in [0.1, 0.15) is 0 Å². The minimum absolute atomic E-state index is 0.0876. The van der Waals surface area contributed by atoms with E-state index in [2.05, 4.69) is 19.1 Å². The van der Waals surface area contributed by atoms with Crippen molar-refractivity contribution >= 4 is 23.8 Å². The van der Waals surface area contributed by atoms with E-state index in [1.54, 1.807) is 0 Å². The third-order valence-electron chi connectivity index (χ3n) is 2.57. The summed E-state index contributed by atoms with van der Waals surface area (Å²) in [6, 6.07) is 0. The van der Waals surface area contributed by atoms with Crippen LogP contribution in [0.25, 0.3) is 0 Å². The molecule has 0 saturated heterocycles. The predicted octanol–water partition coefficient (Wildman–Crippen LogP) is -0.941. The van der Waals surface area contributed by atoms with Crippen LogP contribution in [0.1, 0.15) is 6.92 Å². The first-order valence-corrected chi connectivity index (χ1v) is 6.36. The molecule has 0 atom stereocenters. The van der Waals surface area contributed by atoms with Crippen LogP contribution in [0.5, 0.6) is 0 Å². The SMILES string of the molecule is CON(C)C(=O)COC(=O)/C=C(\C)C(=O)OCC(=O)N(C)OC. The fourth-order valence-electron chi connectivity index (χ4n) is 1.04. The number of hydroxylamine groups is 4. The number of ether oxygens (including phenoxy) is 2. The van der Waals surface area contributed by atoms with Crippen molar-refractivity contribution in [2.24, 2.45) is 0 Å². The summed E-state index contributed by atoms with van der Waals surface area (Å²) in [7, 11) is 5.26. The van der Waals surface area contributed by atoms with Crippen molar-refractivity contribution in [2.75, 3.05) is 41.5 Å². The van der Waals surface area contributed by atoms with Crippen LogP contribution in [-0.2, 0) is 38.3 Å². The molecule has 0 spiro atoms. The molecule has 0 fully saturated rings. The first kappa shape index (κ1) is 20.5. The van der Waals surface area contributed by atoms with Crippen LogP contribution in [-0.4, -0.2) is 75.4 Å². The molecule has 0 aliphatic rings. The standard InChI is InChI=1S/C13H20N2O8/c1-9(13(19)23-8-11(17)15(3)21-5)6-12(18)22-7-10(16)14(2)20-4/h6H,7-8H2,1-5H3/b9-6+. The number of carbonyl (C=O) groups excluding carboxylic acids is 4. The van der Waals surface area contributed by atoms with Crippen LogP contribution in [0.4, 0.5) is 0 Å². The molecule has 10 nitrogen and oxygen atoms in total. The zero-order chi connectivity index (χ0) is 18.0. The van der Waals surface area contributed by atoms with E-state index in [4.69, 9.17) is 0 Å². The van der Waals surface area contributed by atoms with Crippen LogP contribution in [0, 0.1) is 0 Å². The monoisotopic (exact) mass is 332 g/mol. The average molecular weight is 332 g/mol. The highest BCUT2D eigenvalue weighted by Gasteiger charge is 2.15. The van der Waals surface area contributed by atoms with Crippen molar-refractivity contribution in [1.82, 2.24) is 10.1 Å². The summed E-state index contributed by atoms with van der Waals surface area (Å²) in [6.45, 7) is 0.219. The second-order valence-corrected chi connectivity index (χ2v) is 4.16. The topological polar surface area (TPSA) is 112 Å². The molecule has 0 heterocycles. The third-order valence-corrected chi connectivity index (χ3v) is 2.57. The van der Waals surface area contributed by atoms with Crippen LogP contribution in [0.2, 0.25) is 0 Å². The highest BCUT2D eigenvalue weighted by atomic mass is 16.7. The van der Waals surface area contributed by atoms with Gasteiger partial charge in [-0.3, -0.25) is 19.3 Å². The minimum atomic E-state index is -0.905. The van der Waals surface area contributed by atoms with Crippen LogP contribution in [0.15, 0.2) is 11.6 Å². The van der Waals surface area contributed by atoms with Crippen LogP contribution < -0.4 is 0 Å². The second-order valence-electron chi connectivity index (χ2n) is 4.16.